The van der Waals surface area contributed by atoms with Gasteiger partial charge in [-0.05, 0) is 48.5 Å². The van der Waals surface area contributed by atoms with E-state index in [4.69, 9.17) is 13.9 Å². The van der Waals surface area contributed by atoms with Crippen LogP contribution in [0.3, 0.4) is 0 Å². The maximum Gasteiger partial charge on any atom is 0.416 e. The quantitative estimate of drug-likeness (QED) is 0.527. The fraction of sp³-hybridized carbons (Fsp3) is 0.292. The Kier molecular flexibility index (Phi) is 6.48. The van der Waals surface area contributed by atoms with Gasteiger partial charge >= 0.3 is 6.18 Å². The molecule has 1 aliphatic rings. The van der Waals surface area contributed by atoms with Crippen molar-refractivity contribution in [2.45, 2.75) is 12.8 Å². The third kappa shape index (κ3) is 5.24. The van der Waals surface area contributed by atoms with E-state index in [1.165, 1.54) is 12.1 Å². The van der Waals surface area contributed by atoms with Crippen molar-refractivity contribution in [3.8, 4) is 11.5 Å². The van der Waals surface area contributed by atoms with E-state index >= 15 is 0 Å². The number of hydrogen-bond donors (Lipinski definition) is 0. The molecule has 174 valence electrons. The highest BCUT2D eigenvalue weighted by Gasteiger charge is 2.30. The first-order valence-electron chi connectivity index (χ1n) is 10.4. The van der Waals surface area contributed by atoms with Crippen molar-refractivity contribution in [3.05, 3.63) is 77.7 Å². The first-order chi connectivity index (χ1) is 15.8. The average Bonchev–Trinajstić information content (AvgIpc) is 3.31. The van der Waals surface area contributed by atoms with Gasteiger partial charge in [0.15, 0.2) is 17.3 Å². The largest absolute Gasteiger partial charge is 0.493 e. The molecule has 6 nitrogen and oxygen atoms in total. The van der Waals surface area contributed by atoms with Gasteiger partial charge in [0, 0.05) is 31.9 Å². The van der Waals surface area contributed by atoms with Gasteiger partial charge in [-0.1, -0.05) is 12.1 Å². The van der Waals surface area contributed by atoms with Crippen molar-refractivity contribution < 1.29 is 31.9 Å². The van der Waals surface area contributed by atoms with Crippen LogP contribution in [0.4, 0.5) is 18.9 Å². The summed E-state index contributed by atoms with van der Waals surface area (Å²) < 4.78 is 54.9. The summed E-state index contributed by atoms with van der Waals surface area (Å²) >= 11 is 0. The lowest BCUT2D eigenvalue weighted by atomic mass is 10.1. The van der Waals surface area contributed by atoms with Gasteiger partial charge in [-0.25, -0.2) is 0 Å². The third-order valence-corrected chi connectivity index (χ3v) is 5.44. The van der Waals surface area contributed by atoms with Crippen LogP contribution in [-0.2, 0) is 12.8 Å². The van der Waals surface area contributed by atoms with Crippen LogP contribution in [0.15, 0.2) is 65.1 Å². The van der Waals surface area contributed by atoms with Gasteiger partial charge in [-0.3, -0.25) is 4.79 Å². The number of nitrogens with zero attached hydrogens (tertiary/aromatic N) is 2. The monoisotopic (exact) mass is 460 g/mol. The maximum absolute atomic E-state index is 12.8. The van der Waals surface area contributed by atoms with Crippen molar-refractivity contribution in [3.63, 3.8) is 0 Å². The molecule has 0 aliphatic carbocycles. The number of amides is 1. The molecule has 2 aromatic carbocycles. The number of rotatable bonds is 6. The second-order valence-corrected chi connectivity index (χ2v) is 7.53. The standard InChI is InChI=1S/C24H23F3N2O4/c1-31-20-4-2-3-5-21(20)32-16-19-10-11-22(33-19)23(30)29-14-12-28(13-15-29)18-8-6-17(7-9-18)24(25,26)27/h2-11H,12-16H2,1H3. The average molecular weight is 460 g/mol. The number of alkyl halides is 3. The van der Waals surface area contributed by atoms with E-state index in [1.807, 2.05) is 17.0 Å². The zero-order chi connectivity index (χ0) is 23.4. The van der Waals surface area contributed by atoms with Crippen LogP contribution < -0.4 is 14.4 Å². The summed E-state index contributed by atoms with van der Waals surface area (Å²) in [5, 5.41) is 0. The number of hydrogen-bond acceptors (Lipinski definition) is 5. The molecular weight excluding hydrogens is 437 g/mol. The molecule has 4 rings (SSSR count). The van der Waals surface area contributed by atoms with E-state index in [0.29, 0.717) is 49.1 Å². The molecule has 9 heteroatoms. The zero-order valence-electron chi connectivity index (χ0n) is 18.0. The SMILES string of the molecule is COc1ccccc1OCc1ccc(C(=O)N2CCN(c3ccc(C(F)(F)F)cc3)CC2)o1. The summed E-state index contributed by atoms with van der Waals surface area (Å²) in [6.07, 6.45) is -4.36. The molecule has 0 unspecified atom stereocenters. The van der Waals surface area contributed by atoms with E-state index in [9.17, 15) is 18.0 Å². The molecule has 1 aliphatic heterocycles. The lowest BCUT2D eigenvalue weighted by molar-refractivity contribution is -0.137. The van der Waals surface area contributed by atoms with Crippen molar-refractivity contribution >= 4 is 11.6 Å². The fourth-order valence-electron chi connectivity index (χ4n) is 3.64. The minimum absolute atomic E-state index is 0.148. The number of carbonyl (C=O) groups excluding carboxylic acids is 1. The lowest BCUT2D eigenvalue weighted by Crippen LogP contribution is -2.48. The number of anilines is 1. The predicted molar refractivity (Wildman–Crippen MR) is 116 cm³/mol. The van der Waals surface area contributed by atoms with Crippen LogP contribution in [0.5, 0.6) is 11.5 Å². The van der Waals surface area contributed by atoms with Crippen LogP contribution in [0, 0.1) is 0 Å². The van der Waals surface area contributed by atoms with E-state index in [-0.39, 0.29) is 18.3 Å². The van der Waals surface area contributed by atoms with Crippen molar-refractivity contribution in [2.24, 2.45) is 0 Å². The third-order valence-electron chi connectivity index (χ3n) is 5.44. The van der Waals surface area contributed by atoms with Gasteiger partial charge in [-0.15, -0.1) is 0 Å². The lowest BCUT2D eigenvalue weighted by Gasteiger charge is -2.35. The minimum Gasteiger partial charge on any atom is -0.493 e. The maximum atomic E-state index is 12.8. The minimum atomic E-state index is -4.36. The smallest absolute Gasteiger partial charge is 0.416 e. The van der Waals surface area contributed by atoms with Gasteiger partial charge < -0.3 is 23.7 Å². The molecule has 0 spiro atoms. The van der Waals surface area contributed by atoms with Crippen LogP contribution in [0.1, 0.15) is 21.9 Å². The molecule has 2 heterocycles. The van der Waals surface area contributed by atoms with E-state index in [2.05, 4.69) is 0 Å². The molecule has 0 saturated carbocycles. The van der Waals surface area contributed by atoms with Crippen LogP contribution in [0.25, 0.3) is 0 Å². The molecule has 1 amide bonds. The number of carbonyl (C=O) groups is 1. The Morgan fingerprint density at radius 1 is 0.939 bits per heavy atom. The molecule has 0 bridgehead atoms. The Balaban J connectivity index is 1.31. The Hall–Kier alpha value is -3.62. The molecule has 0 radical (unpaired) electrons. The summed E-state index contributed by atoms with van der Waals surface area (Å²) in [4.78, 5) is 16.4. The summed E-state index contributed by atoms with van der Waals surface area (Å²) in [6, 6.07) is 15.6. The first kappa shape index (κ1) is 22.6. The summed E-state index contributed by atoms with van der Waals surface area (Å²) in [6.45, 7) is 2.06. The number of halogens is 3. The Labute approximate surface area is 189 Å². The topological polar surface area (TPSA) is 55.2 Å². The molecule has 1 saturated heterocycles. The van der Waals surface area contributed by atoms with Gasteiger partial charge in [0.25, 0.3) is 5.91 Å². The number of furan rings is 1. The van der Waals surface area contributed by atoms with E-state index < -0.39 is 11.7 Å². The van der Waals surface area contributed by atoms with Crippen LogP contribution in [-0.4, -0.2) is 44.1 Å². The molecule has 3 aromatic rings. The molecule has 0 N–H and O–H groups in total. The molecule has 1 fully saturated rings. The summed E-state index contributed by atoms with van der Waals surface area (Å²) in [5.74, 6) is 1.67. The second kappa shape index (κ2) is 9.48. The highest BCUT2D eigenvalue weighted by Crippen LogP contribution is 2.31. The van der Waals surface area contributed by atoms with E-state index in [1.54, 1.807) is 36.3 Å². The highest BCUT2D eigenvalue weighted by molar-refractivity contribution is 5.91. The first-order valence-corrected chi connectivity index (χ1v) is 10.4. The van der Waals surface area contributed by atoms with Gasteiger partial charge in [0.05, 0.1) is 12.7 Å². The van der Waals surface area contributed by atoms with Crippen molar-refractivity contribution in [1.82, 2.24) is 4.90 Å². The number of piperazine rings is 1. The molecule has 0 atom stereocenters. The number of para-hydroxylation sites is 2. The summed E-state index contributed by atoms with van der Waals surface area (Å²) in [7, 11) is 1.56. The number of benzene rings is 2. The zero-order valence-corrected chi connectivity index (χ0v) is 18.0. The van der Waals surface area contributed by atoms with Gasteiger partial charge in [0.1, 0.15) is 12.4 Å². The second-order valence-electron chi connectivity index (χ2n) is 7.53. The highest BCUT2D eigenvalue weighted by atomic mass is 19.4. The van der Waals surface area contributed by atoms with E-state index in [0.717, 1.165) is 12.1 Å². The number of ether oxygens (including phenoxy) is 2. The Bertz CT molecular complexity index is 1090. The summed E-state index contributed by atoms with van der Waals surface area (Å²) in [5.41, 5.74) is 0.0206. The Morgan fingerprint density at radius 3 is 2.24 bits per heavy atom. The van der Waals surface area contributed by atoms with Gasteiger partial charge in [-0.2, -0.15) is 13.2 Å². The van der Waals surface area contributed by atoms with Crippen LogP contribution in [0.2, 0.25) is 0 Å². The van der Waals surface area contributed by atoms with Crippen molar-refractivity contribution in [1.29, 1.82) is 0 Å². The Morgan fingerprint density at radius 2 is 1.61 bits per heavy atom. The molecule has 1 aromatic heterocycles. The number of methoxy groups -OCH3 is 1. The van der Waals surface area contributed by atoms with Crippen LogP contribution >= 0.6 is 0 Å². The normalized spacial score (nSPS) is 14.3. The molecule has 33 heavy (non-hydrogen) atoms. The molecular formula is C24H23F3N2O4. The fourth-order valence-corrected chi connectivity index (χ4v) is 3.64. The van der Waals surface area contributed by atoms with Crippen molar-refractivity contribution in [2.75, 3.05) is 38.2 Å². The van der Waals surface area contributed by atoms with Gasteiger partial charge in [0.2, 0.25) is 0 Å². The predicted octanol–water partition coefficient (Wildman–Crippen LogP) is 4.85.